The van der Waals surface area contributed by atoms with Crippen molar-refractivity contribution < 1.29 is 14.6 Å². The van der Waals surface area contributed by atoms with E-state index in [1.54, 1.807) is 17.4 Å². The molecule has 138 valence electrons. The lowest BCUT2D eigenvalue weighted by Gasteiger charge is -2.27. The van der Waals surface area contributed by atoms with Crippen molar-refractivity contribution in [2.45, 2.75) is 39.3 Å². The quantitative estimate of drug-likeness (QED) is 0.564. The lowest BCUT2D eigenvalue weighted by Crippen LogP contribution is -2.38. The summed E-state index contributed by atoms with van der Waals surface area (Å²) in [4.78, 5) is 14.2. The van der Waals surface area contributed by atoms with Gasteiger partial charge in [-0.05, 0) is 78.0 Å². The molecule has 0 radical (unpaired) electrons. The minimum Gasteiger partial charge on any atom is -0.504 e. The molecule has 0 saturated heterocycles. The highest BCUT2D eigenvalue weighted by molar-refractivity contribution is 14.1. The maximum atomic E-state index is 12.8. The molecule has 4 rings (SSSR count). The summed E-state index contributed by atoms with van der Waals surface area (Å²) in [6.07, 6.45) is 2.84. The van der Waals surface area contributed by atoms with Crippen LogP contribution in [0.4, 0.5) is 5.00 Å². The van der Waals surface area contributed by atoms with Gasteiger partial charge in [-0.3, -0.25) is 4.79 Å². The van der Waals surface area contributed by atoms with Crippen LogP contribution in [0.15, 0.2) is 12.1 Å². The van der Waals surface area contributed by atoms with Crippen LogP contribution in [0.2, 0.25) is 0 Å². The molecule has 1 aliphatic carbocycles. The van der Waals surface area contributed by atoms with Crippen LogP contribution in [0.3, 0.4) is 0 Å². The number of thiophene rings is 1. The van der Waals surface area contributed by atoms with Crippen molar-refractivity contribution in [3.8, 4) is 11.5 Å². The van der Waals surface area contributed by atoms with Crippen molar-refractivity contribution in [2.75, 3.05) is 11.9 Å². The van der Waals surface area contributed by atoms with Crippen LogP contribution in [0.1, 0.15) is 52.8 Å². The summed E-state index contributed by atoms with van der Waals surface area (Å²) in [6.45, 7) is 4.62. The number of halogens is 1. The van der Waals surface area contributed by atoms with E-state index in [0.717, 1.165) is 35.4 Å². The van der Waals surface area contributed by atoms with E-state index in [1.165, 1.54) is 10.4 Å². The Morgan fingerprint density at radius 1 is 1.38 bits per heavy atom. The number of carbonyl (C=O) groups is 1. The first kappa shape index (κ1) is 17.9. The van der Waals surface area contributed by atoms with Gasteiger partial charge in [0.25, 0.3) is 5.91 Å². The summed E-state index contributed by atoms with van der Waals surface area (Å²) < 4.78 is 6.23. The molecule has 7 heteroatoms. The van der Waals surface area contributed by atoms with Crippen molar-refractivity contribution in [3.05, 3.63) is 37.3 Å². The molecule has 0 fully saturated rings. The second kappa shape index (κ2) is 6.92. The van der Waals surface area contributed by atoms with Gasteiger partial charge in [0.2, 0.25) is 0 Å². The number of nitrogens with one attached hydrogen (secondary N) is 2. The fourth-order valence-electron chi connectivity index (χ4n) is 3.66. The molecule has 0 unspecified atom stereocenters. The molecular weight excluding hydrogens is 463 g/mol. The number of rotatable bonds is 3. The number of hydrogen-bond donors (Lipinski definition) is 3. The van der Waals surface area contributed by atoms with Gasteiger partial charge in [0.15, 0.2) is 11.5 Å². The van der Waals surface area contributed by atoms with Crippen molar-refractivity contribution in [3.63, 3.8) is 0 Å². The van der Waals surface area contributed by atoms with Crippen molar-refractivity contribution in [2.24, 2.45) is 5.92 Å². The van der Waals surface area contributed by atoms with Gasteiger partial charge in [0, 0.05) is 4.88 Å². The number of phenolic OH excluding ortho intramolecular Hbond substituents is 1. The van der Waals surface area contributed by atoms with Gasteiger partial charge in [-0.1, -0.05) is 6.92 Å². The Kier molecular flexibility index (Phi) is 4.77. The van der Waals surface area contributed by atoms with Gasteiger partial charge in [-0.15, -0.1) is 11.3 Å². The van der Waals surface area contributed by atoms with E-state index in [0.29, 0.717) is 21.8 Å². The smallest absolute Gasteiger partial charge is 0.256 e. The average molecular weight is 484 g/mol. The van der Waals surface area contributed by atoms with Crippen LogP contribution >= 0.6 is 33.9 Å². The summed E-state index contributed by atoms with van der Waals surface area (Å²) >= 11 is 3.79. The summed E-state index contributed by atoms with van der Waals surface area (Å²) in [6, 6.07) is 3.66. The number of benzene rings is 1. The second-order valence-electron chi connectivity index (χ2n) is 6.89. The molecule has 3 N–H and O–H groups in total. The largest absolute Gasteiger partial charge is 0.504 e. The Labute approximate surface area is 170 Å². The van der Waals surface area contributed by atoms with E-state index >= 15 is 0 Å². The number of phenols is 1. The number of anilines is 1. The van der Waals surface area contributed by atoms with Crippen molar-refractivity contribution >= 4 is 44.8 Å². The van der Waals surface area contributed by atoms with Crippen LogP contribution in [0, 0.1) is 9.49 Å². The topological polar surface area (TPSA) is 70.6 Å². The normalized spacial score (nSPS) is 21.4. The monoisotopic (exact) mass is 484 g/mol. The zero-order valence-corrected chi connectivity index (χ0v) is 17.7. The van der Waals surface area contributed by atoms with E-state index in [-0.39, 0.29) is 17.8 Å². The average Bonchev–Trinajstić information content (AvgIpc) is 2.96. The Morgan fingerprint density at radius 2 is 2.19 bits per heavy atom. The number of carbonyl (C=O) groups excluding carboxylic acids is 1. The van der Waals surface area contributed by atoms with Crippen molar-refractivity contribution in [1.29, 1.82) is 0 Å². The van der Waals surface area contributed by atoms with Gasteiger partial charge in [-0.25, -0.2) is 0 Å². The molecule has 0 bridgehead atoms. The number of hydrogen-bond acceptors (Lipinski definition) is 5. The lowest BCUT2D eigenvalue weighted by atomic mass is 9.88. The highest BCUT2D eigenvalue weighted by Crippen LogP contribution is 2.43. The third kappa shape index (κ3) is 3.05. The highest BCUT2D eigenvalue weighted by atomic mass is 127. The predicted octanol–water partition coefficient (Wildman–Crippen LogP) is 4.44. The maximum absolute atomic E-state index is 12.8. The molecular formula is C19H21IN2O3S. The standard InChI is InChI=1S/C19H21IN2O3S/c1-3-25-13-8-10(7-12(20)16(13)23)17-21-18(24)15-11-5-4-9(2)6-14(11)26-19(15)22-17/h7-9,17,22-23H,3-6H2,1-2H3,(H,21,24)/t9-,17+/m0/s1. The first-order chi connectivity index (χ1) is 12.5. The summed E-state index contributed by atoms with van der Waals surface area (Å²) in [7, 11) is 0. The van der Waals surface area contributed by atoms with Crippen molar-refractivity contribution in [1.82, 2.24) is 5.32 Å². The van der Waals surface area contributed by atoms with E-state index in [1.807, 2.05) is 13.0 Å². The van der Waals surface area contributed by atoms with E-state index < -0.39 is 0 Å². The second-order valence-corrected chi connectivity index (χ2v) is 9.16. The number of aromatic hydroxyl groups is 1. The first-order valence-electron chi connectivity index (χ1n) is 8.85. The maximum Gasteiger partial charge on any atom is 0.256 e. The highest BCUT2D eigenvalue weighted by Gasteiger charge is 2.33. The molecule has 2 aromatic rings. The van der Waals surface area contributed by atoms with Gasteiger partial charge < -0.3 is 20.5 Å². The number of amides is 1. The van der Waals surface area contributed by atoms with Crippen LogP contribution in [0.5, 0.6) is 11.5 Å². The Bertz CT molecular complexity index is 880. The molecule has 26 heavy (non-hydrogen) atoms. The Morgan fingerprint density at radius 3 is 2.96 bits per heavy atom. The van der Waals surface area contributed by atoms with Crippen LogP contribution in [-0.4, -0.2) is 17.6 Å². The third-order valence-electron chi connectivity index (χ3n) is 4.97. The fraction of sp³-hybridized carbons (Fsp3) is 0.421. The predicted molar refractivity (Wildman–Crippen MR) is 111 cm³/mol. The van der Waals surface area contributed by atoms with Crippen LogP contribution in [0.25, 0.3) is 0 Å². The fourth-order valence-corrected chi connectivity index (χ4v) is 5.72. The summed E-state index contributed by atoms with van der Waals surface area (Å²) in [5.41, 5.74) is 2.92. The number of ether oxygens (including phenoxy) is 1. The molecule has 1 aliphatic heterocycles. The minimum atomic E-state index is -0.333. The van der Waals surface area contributed by atoms with E-state index in [4.69, 9.17) is 4.74 Å². The SMILES string of the molecule is CCOc1cc([C@@H]2NC(=O)c3c(sc4c3CC[C@H](C)C4)N2)cc(I)c1O. The minimum absolute atomic E-state index is 0.0168. The Hall–Kier alpha value is -1.48. The molecule has 2 aliphatic rings. The molecule has 2 atom stereocenters. The molecule has 1 aromatic heterocycles. The van der Waals surface area contributed by atoms with Crippen LogP contribution in [-0.2, 0) is 12.8 Å². The summed E-state index contributed by atoms with van der Waals surface area (Å²) in [5, 5.41) is 17.7. The van der Waals surface area contributed by atoms with Crippen LogP contribution < -0.4 is 15.4 Å². The van der Waals surface area contributed by atoms with Gasteiger partial charge >= 0.3 is 0 Å². The third-order valence-corrected chi connectivity index (χ3v) is 6.98. The Balaban J connectivity index is 1.69. The van der Waals surface area contributed by atoms with Gasteiger partial charge in [0.1, 0.15) is 11.2 Å². The van der Waals surface area contributed by atoms with E-state index in [9.17, 15) is 9.90 Å². The molecule has 1 aromatic carbocycles. The lowest BCUT2D eigenvalue weighted by molar-refractivity contribution is 0.0935. The van der Waals surface area contributed by atoms with Gasteiger partial charge in [0.05, 0.1) is 15.7 Å². The zero-order chi connectivity index (χ0) is 18.4. The molecule has 0 saturated carbocycles. The molecule has 1 amide bonds. The van der Waals surface area contributed by atoms with Gasteiger partial charge in [-0.2, -0.15) is 0 Å². The zero-order valence-electron chi connectivity index (χ0n) is 14.7. The molecule has 2 heterocycles. The first-order valence-corrected chi connectivity index (χ1v) is 10.7. The molecule has 5 nitrogen and oxygen atoms in total. The van der Waals surface area contributed by atoms with E-state index in [2.05, 4.69) is 40.1 Å². The summed E-state index contributed by atoms with van der Waals surface area (Å²) in [5.74, 6) is 1.24. The number of fused-ring (bicyclic) bond motifs is 3. The molecule has 0 spiro atoms.